The van der Waals surface area contributed by atoms with Gasteiger partial charge in [0.25, 0.3) is 5.91 Å². The number of carbonyl (C=O) groups is 2. The Labute approximate surface area is 166 Å². The molecule has 164 valence electrons. The summed E-state index contributed by atoms with van der Waals surface area (Å²) in [6.45, 7) is 4.67. The number of hydrogen-bond donors (Lipinski definition) is 1. The van der Waals surface area contributed by atoms with E-state index in [0.717, 1.165) is 32.7 Å². The molecule has 0 aliphatic carbocycles. The van der Waals surface area contributed by atoms with Crippen LogP contribution < -0.4 is 0 Å². The monoisotopic (exact) mass is 422 g/mol. The lowest BCUT2D eigenvalue weighted by atomic mass is 9.98. The summed E-state index contributed by atoms with van der Waals surface area (Å²) < 4.78 is 44.6. The van der Waals surface area contributed by atoms with Gasteiger partial charge in [0.2, 0.25) is 0 Å². The minimum absolute atomic E-state index is 0.00298. The molecule has 2 fully saturated rings. The zero-order chi connectivity index (χ0) is 21.6. The van der Waals surface area contributed by atoms with E-state index in [2.05, 4.69) is 9.88 Å². The highest BCUT2D eigenvalue weighted by Crippen LogP contribution is 2.23. The van der Waals surface area contributed by atoms with Gasteiger partial charge < -0.3 is 24.0 Å². The summed E-state index contributed by atoms with van der Waals surface area (Å²) in [5.41, 5.74) is 0. The number of aliphatic carboxylic acids is 1. The second-order valence-corrected chi connectivity index (χ2v) is 6.71. The molecule has 2 saturated heterocycles. The summed E-state index contributed by atoms with van der Waals surface area (Å²) in [6, 6.07) is 0.252. The van der Waals surface area contributed by atoms with Crippen molar-refractivity contribution in [2.45, 2.75) is 24.7 Å². The van der Waals surface area contributed by atoms with Crippen LogP contribution in [0.25, 0.3) is 0 Å². The number of halogens is 3. The maximum Gasteiger partial charge on any atom is 0.490 e. The van der Waals surface area contributed by atoms with Crippen LogP contribution in [0.5, 0.6) is 0 Å². The minimum atomic E-state index is -5.08. The Kier molecular flexibility index (Phi) is 7.99. The van der Waals surface area contributed by atoms with Crippen LogP contribution in [0, 0.1) is 0 Å². The van der Waals surface area contributed by atoms with Gasteiger partial charge in [0.1, 0.15) is 0 Å². The average molecular weight is 422 g/mol. The number of morpholine rings is 1. The van der Waals surface area contributed by atoms with Crippen molar-refractivity contribution in [3.63, 3.8) is 0 Å². The van der Waals surface area contributed by atoms with Gasteiger partial charge in [-0.1, -0.05) is 0 Å². The summed E-state index contributed by atoms with van der Waals surface area (Å²) in [5.74, 6) is -2.26. The van der Waals surface area contributed by atoms with Crippen LogP contribution in [0.4, 0.5) is 13.2 Å². The van der Waals surface area contributed by atoms with E-state index in [4.69, 9.17) is 19.4 Å². The Balaban J connectivity index is 0.000000370. The van der Waals surface area contributed by atoms with E-state index in [9.17, 15) is 18.0 Å². The van der Waals surface area contributed by atoms with Gasteiger partial charge >= 0.3 is 12.1 Å². The number of fused-ring (bicyclic) bond motifs is 1. The molecular weight excluding hydrogens is 397 g/mol. The topological polar surface area (TPSA) is 97.1 Å². The third-order valence-electron chi connectivity index (χ3n) is 4.82. The molecule has 0 spiro atoms. The number of imidazole rings is 1. The number of carboxylic acids is 1. The largest absolute Gasteiger partial charge is 0.490 e. The molecule has 12 heteroatoms. The van der Waals surface area contributed by atoms with E-state index < -0.39 is 12.1 Å². The van der Waals surface area contributed by atoms with Crippen molar-refractivity contribution in [3.05, 3.63) is 18.2 Å². The summed E-state index contributed by atoms with van der Waals surface area (Å²) >= 11 is 0. The summed E-state index contributed by atoms with van der Waals surface area (Å²) in [4.78, 5) is 30.0. The van der Waals surface area contributed by atoms with Crippen LogP contribution in [-0.2, 0) is 21.3 Å². The number of carboxylic acid groups (broad SMARTS) is 1. The van der Waals surface area contributed by atoms with Gasteiger partial charge in [0, 0.05) is 52.7 Å². The van der Waals surface area contributed by atoms with E-state index in [0.29, 0.717) is 19.0 Å². The van der Waals surface area contributed by atoms with Gasteiger partial charge in [-0.3, -0.25) is 9.69 Å². The first kappa shape index (κ1) is 23.1. The zero-order valence-corrected chi connectivity index (χ0v) is 16.3. The fourth-order valence-corrected chi connectivity index (χ4v) is 3.33. The van der Waals surface area contributed by atoms with Crippen LogP contribution >= 0.6 is 0 Å². The second-order valence-electron chi connectivity index (χ2n) is 6.71. The smallest absolute Gasteiger partial charge is 0.475 e. The van der Waals surface area contributed by atoms with Gasteiger partial charge in [-0.2, -0.15) is 13.2 Å². The lowest BCUT2D eigenvalue weighted by Gasteiger charge is -2.46. The SMILES string of the molecule is COCCN1CCO[C@H]2CCN(C(=O)c3nccn3C)C[C@@H]21.O=C(O)C(F)(F)F. The highest BCUT2D eigenvalue weighted by Gasteiger charge is 2.39. The van der Waals surface area contributed by atoms with Crippen LogP contribution in [-0.4, -0.2) is 101 Å². The molecule has 1 aromatic heterocycles. The number of methoxy groups -OCH3 is 1. The molecule has 0 aromatic carbocycles. The number of aryl methyl sites for hydroxylation is 1. The van der Waals surface area contributed by atoms with Crippen LogP contribution in [0.3, 0.4) is 0 Å². The molecular formula is C17H25F3N4O5. The Morgan fingerprint density at radius 3 is 2.62 bits per heavy atom. The molecule has 1 N–H and O–H groups in total. The lowest BCUT2D eigenvalue weighted by Crippen LogP contribution is -2.61. The molecule has 3 rings (SSSR count). The molecule has 1 amide bonds. The number of ether oxygens (including phenoxy) is 2. The van der Waals surface area contributed by atoms with E-state index in [1.165, 1.54) is 0 Å². The minimum Gasteiger partial charge on any atom is -0.475 e. The fourth-order valence-electron chi connectivity index (χ4n) is 3.33. The first-order valence-corrected chi connectivity index (χ1v) is 9.06. The number of likely N-dealkylation sites (tertiary alicyclic amines) is 1. The molecule has 3 heterocycles. The number of aromatic nitrogens is 2. The highest BCUT2D eigenvalue weighted by molar-refractivity contribution is 5.90. The van der Waals surface area contributed by atoms with Gasteiger partial charge in [-0.25, -0.2) is 9.78 Å². The van der Waals surface area contributed by atoms with E-state index in [-0.39, 0.29) is 18.1 Å². The number of nitrogens with zero attached hydrogens (tertiary/aromatic N) is 4. The predicted molar refractivity (Wildman–Crippen MR) is 94.4 cm³/mol. The number of rotatable bonds is 4. The highest BCUT2D eigenvalue weighted by atomic mass is 19.4. The Hall–Kier alpha value is -2.18. The normalized spacial score (nSPS) is 22.4. The molecule has 1 aromatic rings. The molecule has 9 nitrogen and oxygen atoms in total. The van der Waals surface area contributed by atoms with Gasteiger partial charge in [0.05, 0.1) is 25.4 Å². The molecule has 2 aliphatic rings. The molecule has 0 bridgehead atoms. The van der Waals surface area contributed by atoms with Gasteiger partial charge in [-0.05, 0) is 6.42 Å². The summed E-state index contributed by atoms with van der Waals surface area (Å²) in [7, 11) is 3.57. The number of alkyl halides is 3. The lowest BCUT2D eigenvalue weighted by molar-refractivity contribution is -0.192. The zero-order valence-electron chi connectivity index (χ0n) is 16.3. The molecule has 0 radical (unpaired) electrons. The first-order valence-electron chi connectivity index (χ1n) is 9.06. The van der Waals surface area contributed by atoms with E-state index in [1.807, 2.05) is 11.9 Å². The Bertz CT molecular complexity index is 697. The predicted octanol–water partition coefficient (Wildman–Crippen LogP) is 0.615. The molecule has 0 saturated carbocycles. The number of carbonyl (C=O) groups excluding carboxylic acids is 1. The first-order chi connectivity index (χ1) is 13.6. The van der Waals surface area contributed by atoms with Crippen molar-refractivity contribution >= 4 is 11.9 Å². The fraction of sp³-hybridized carbons (Fsp3) is 0.706. The summed E-state index contributed by atoms with van der Waals surface area (Å²) in [5, 5.41) is 7.12. The molecule has 2 atom stereocenters. The van der Waals surface area contributed by atoms with Crippen molar-refractivity contribution < 1.29 is 37.3 Å². The molecule has 29 heavy (non-hydrogen) atoms. The van der Waals surface area contributed by atoms with Gasteiger partial charge in [0.15, 0.2) is 5.82 Å². The Morgan fingerprint density at radius 2 is 2.07 bits per heavy atom. The second kappa shape index (κ2) is 10.0. The number of amides is 1. The average Bonchev–Trinajstić information content (AvgIpc) is 3.11. The molecule has 2 aliphatic heterocycles. The van der Waals surface area contributed by atoms with Crippen LogP contribution in [0.1, 0.15) is 17.0 Å². The van der Waals surface area contributed by atoms with E-state index in [1.54, 1.807) is 24.1 Å². The number of piperidine rings is 1. The van der Waals surface area contributed by atoms with Gasteiger partial charge in [-0.15, -0.1) is 0 Å². The number of hydrogen-bond acceptors (Lipinski definition) is 6. The van der Waals surface area contributed by atoms with E-state index >= 15 is 0 Å². The van der Waals surface area contributed by atoms with Crippen LogP contribution in [0.15, 0.2) is 12.4 Å². The maximum atomic E-state index is 12.6. The van der Waals surface area contributed by atoms with Crippen LogP contribution in [0.2, 0.25) is 0 Å². The standard InChI is InChI=1S/C15H24N4O3.C2HF3O2/c1-17-6-4-16-14(17)15(20)19-5-3-13-12(11-19)18(7-9-21-2)8-10-22-13;3-2(4,5)1(6)7/h4,6,12-13H,3,5,7-11H2,1-2H3;(H,6,7)/t12-,13-;/m0./s1. The molecule has 0 unspecified atom stereocenters. The van der Waals surface area contributed by atoms with Crippen molar-refractivity contribution in [1.82, 2.24) is 19.4 Å². The maximum absolute atomic E-state index is 12.6. The van der Waals surface area contributed by atoms with Crippen molar-refractivity contribution in [2.24, 2.45) is 7.05 Å². The van der Waals surface area contributed by atoms with Crippen molar-refractivity contribution in [1.29, 1.82) is 0 Å². The Morgan fingerprint density at radius 1 is 1.38 bits per heavy atom. The van der Waals surface area contributed by atoms with Crippen molar-refractivity contribution in [3.8, 4) is 0 Å². The van der Waals surface area contributed by atoms with Crippen molar-refractivity contribution in [2.75, 3.05) is 46.5 Å². The summed E-state index contributed by atoms with van der Waals surface area (Å²) in [6.07, 6.45) is -0.524. The quantitative estimate of drug-likeness (QED) is 0.760. The third-order valence-corrected chi connectivity index (χ3v) is 4.82. The third kappa shape index (κ3) is 6.15.